The summed E-state index contributed by atoms with van der Waals surface area (Å²) in [6.07, 6.45) is 3.31. The van der Waals surface area contributed by atoms with Crippen LogP contribution >= 0.6 is 0 Å². The number of aryl methyl sites for hydroxylation is 1. The first-order valence-electron chi connectivity index (χ1n) is 8.96. The number of carbonyl (C=O) groups excluding carboxylic acids is 1. The van der Waals surface area contributed by atoms with Crippen molar-refractivity contribution in [3.63, 3.8) is 0 Å². The molecule has 0 aliphatic carbocycles. The van der Waals surface area contributed by atoms with Crippen LogP contribution in [-0.4, -0.2) is 40.7 Å². The quantitative estimate of drug-likeness (QED) is 0.910. The lowest BCUT2D eigenvalue weighted by Crippen LogP contribution is -2.36. The largest absolute Gasteiger partial charge is 0.454 e. The molecule has 136 valence electrons. The highest BCUT2D eigenvalue weighted by atomic mass is 16.7. The molecule has 1 N–H and O–H groups in total. The number of ether oxygens (including phenoxy) is 2. The first kappa shape index (κ1) is 16.6. The average Bonchev–Trinajstić information content (AvgIpc) is 3.14. The van der Waals surface area contributed by atoms with Gasteiger partial charge in [0.05, 0.1) is 0 Å². The molecule has 0 saturated carbocycles. The van der Waals surface area contributed by atoms with E-state index in [1.54, 1.807) is 6.07 Å². The summed E-state index contributed by atoms with van der Waals surface area (Å²) in [5.74, 6) is 1.95. The number of anilines is 1. The number of hydrogen-bond donors (Lipinski definition) is 1. The number of nitrogens with one attached hydrogen (secondary N) is 1. The van der Waals surface area contributed by atoms with Crippen molar-refractivity contribution >= 4 is 11.9 Å². The number of carbonyl (C=O) groups is 1. The molecular weight excluding hydrogens is 332 g/mol. The maximum Gasteiger partial charge on any atom is 0.272 e. The molecule has 1 aromatic carbocycles. The van der Waals surface area contributed by atoms with Gasteiger partial charge in [0, 0.05) is 25.3 Å². The summed E-state index contributed by atoms with van der Waals surface area (Å²) in [6.45, 7) is 4.29. The van der Waals surface area contributed by atoms with Crippen LogP contribution in [-0.2, 0) is 6.54 Å². The number of piperidine rings is 1. The van der Waals surface area contributed by atoms with Crippen LogP contribution < -0.4 is 14.8 Å². The highest BCUT2D eigenvalue weighted by molar-refractivity contribution is 5.92. The van der Waals surface area contributed by atoms with Crippen LogP contribution in [0, 0.1) is 6.92 Å². The predicted molar refractivity (Wildman–Crippen MR) is 96.4 cm³/mol. The Morgan fingerprint density at radius 1 is 1.12 bits per heavy atom. The number of amides is 1. The second-order valence-corrected chi connectivity index (χ2v) is 6.61. The van der Waals surface area contributed by atoms with Crippen LogP contribution in [0.5, 0.6) is 11.5 Å². The van der Waals surface area contributed by atoms with Crippen molar-refractivity contribution in [1.29, 1.82) is 0 Å². The normalized spacial score (nSPS) is 15.8. The Labute approximate surface area is 152 Å². The van der Waals surface area contributed by atoms with Gasteiger partial charge in [-0.25, -0.2) is 9.97 Å². The summed E-state index contributed by atoms with van der Waals surface area (Å²) in [4.78, 5) is 23.4. The van der Waals surface area contributed by atoms with Gasteiger partial charge in [-0.15, -0.1) is 0 Å². The van der Waals surface area contributed by atoms with Crippen molar-refractivity contribution in [2.24, 2.45) is 0 Å². The van der Waals surface area contributed by atoms with E-state index in [9.17, 15) is 4.79 Å². The summed E-state index contributed by atoms with van der Waals surface area (Å²) < 4.78 is 10.7. The molecule has 26 heavy (non-hydrogen) atoms. The average molecular weight is 354 g/mol. The Bertz CT molecular complexity index is 818. The van der Waals surface area contributed by atoms with Crippen molar-refractivity contribution < 1.29 is 14.3 Å². The molecule has 1 aromatic heterocycles. The lowest BCUT2D eigenvalue weighted by Gasteiger charge is -2.26. The zero-order valence-electron chi connectivity index (χ0n) is 14.8. The number of aromatic nitrogens is 2. The van der Waals surface area contributed by atoms with Crippen LogP contribution in [0.1, 0.15) is 41.0 Å². The minimum Gasteiger partial charge on any atom is -0.454 e. The SMILES string of the molecule is Cc1cc(C(=O)N2CCCCC2)nc(NCc2ccc3c(c2)OCO3)n1. The third kappa shape index (κ3) is 3.56. The third-order valence-electron chi connectivity index (χ3n) is 4.60. The maximum atomic E-state index is 12.7. The predicted octanol–water partition coefficient (Wildman–Crippen LogP) is 2.75. The molecule has 0 atom stereocenters. The van der Waals surface area contributed by atoms with Gasteiger partial charge in [-0.2, -0.15) is 0 Å². The number of nitrogens with zero attached hydrogens (tertiary/aromatic N) is 3. The molecule has 2 aliphatic rings. The molecule has 1 amide bonds. The summed E-state index contributed by atoms with van der Waals surface area (Å²) in [5, 5.41) is 3.20. The van der Waals surface area contributed by atoms with E-state index in [0.29, 0.717) is 18.2 Å². The van der Waals surface area contributed by atoms with E-state index < -0.39 is 0 Å². The number of hydrogen-bond acceptors (Lipinski definition) is 6. The molecule has 0 unspecified atom stereocenters. The van der Waals surface area contributed by atoms with Gasteiger partial charge in [0.15, 0.2) is 11.5 Å². The molecule has 2 aliphatic heterocycles. The van der Waals surface area contributed by atoms with E-state index in [4.69, 9.17) is 9.47 Å². The summed E-state index contributed by atoms with van der Waals surface area (Å²) >= 11 is 0. The van der Waals surface area contributed by atoms with Crippen LogP contribution in [0.15, 0.2) is 24.3 Å². The summed E-state index contributed by atoms with van der Waals surface area (Å²) in [5.41, 5.74) is 2.25. The Balaban J connectivity index is 1.46. The third-order valence-corrected chi connectivity index (χ3v) is 4.60. The fourth-order valence-electron chi connectivity index (χ4n) is 3.25. The van der Waals surface area contributed by atoms with Crippen molar-refractivity contribution in [2.45, 2.75) is 32.7 Å². The van der Waals surface area contributed by atoms with Crippen LogP contribution in [0.2, 0.25) is 0 Å². The van der Waals surface area contributed by atoms with Gasteiger partial charge in [-0.05, 0) is 49.9 Å². The molecule has 0 radical (unpaired) electrons. The van der Waals surface area contributed by atoms with E-state index >= 15 is 0 Å². The Morgan fingerprint density at radius 2 is 1.92 bits per heavy atom. The minimum atomic E-state index is -0.0127. The molecule has 4 rings (SSSR count). The maximum absolute atomic E-state index is 12.7. The van der Waals surface area contributed by atoms with Gasteiger partial charge in [0.25, 0.3) is 5.91 Å². The molecule has 7 nitrogen and oxygen atoms in total. The zero-order valence-corrected chi connectivity index (χ0v) is 14.8. The van der Waals surface area contributed by atoms with Crippen molar-refractivity contribution in [3.05, 3.63) is 41.2 Å². The lowest BCUT2D eigenvalue weighted by atomic mass is 10.1. The standard InChI is InChI=1S/C19H22N4O3/c1-13-9-15(18(24)23-7-3-2-4-8-23)22-19(21-13)20-11-14-5-6-16-17(10-14)26-12-25-16/h5-6,9-10H,2-4,7-8,11-12H2,1H3,(H,20,21,22). The number of fused-ring (bicyclic) bond motifs is 1. The molecule has 7 heteroatoms. The second kappa shape index (κ2) is 7.19. The Morgan fingerprint density at radius 3 is 2.77 bits per heavy atom. The Kier molecular flexibility index (Phi) is 4.60. The van der Waals surface area contributed by atoms with E-state index in [1.165, 1.54) is 6.42 Å². The van der Waals surface area contributed by atoms with Crippen LogP contribution in [0.4, 0.5) is 5.95 Å². The molecule has 2 aromatic rings. The van der Waals surface area contributed by atoms with Gasteiger partial charge in [0.1, 0.15) is 5.69 Å². The monoisotopic (exact) mass is 354 g/mol. The highest BCUT2D eigenvalue weighted by Crippen LogP contribution is 2.32. The topological polar surface area (TPSA) is 76.6 Å². The van der Waals surface area contributed by atoms with Gasteiger partial charge in [0.2, 0.25) is 12.7 Å². The zero-order chi connectivity index (χ0) is 17.9. The molecule has 0 bridgehead atoms. The number of benzene rings is 1. The van der Waals surface area contributed by atoms with Crippen LogP contribution in [0.3, 0.4) is 0 Å². The molecule has 1 fully saturated rings. The number of rotatable bonds is 4. The molecule has 3 heterocycles. The molecule has 1 saturated heterocycles. The van der Waals surface area contributed by atoms with Gasteiger partial charge < -0.3 is 19.7 Å². The second-order valence-electron chi connectivity index (χ2n) is 6.61. The fraction of sp³-hybridized carbons (Fsp3) is 0.421. The highest BCUT2D eigenvalue weighted by Gasteiger charge is 2.20. The first-order chi connectivity index (χ1) is 12.7. The number of likely N-dealkylation sites (tertiary alicyclic amines) is 1. The Hall–Kier alpha value is -2.83. The van der Waals surface area contributed by atoms with Crippen molar-refractivity contribution in [3.8, 4) is 11.5 Å². The molecule has 0 spiro atoms. The van der Waals surface area contributed by atoms with E-state index in [-0.39, 0.29) is 12.7 Å². The van der Waals surface area contributed by atoms with Crippen molar-refractivity contribution in [1.82, 2.24) is 14.9 Å². The van der Waals surface area contributed by atoms with E-state index in [1.807, 2.05) is 30.0 Å². The van der Waals surface area contributed by atoms with Gasteiger partial charge in [-0.1, -0.05) is 6.07 Å². The van der Waals surface area contributed by atoms with Crippen LogP contribution in [0.25, 0.3) is 0 Å². The first-order valence-corrected chi connectivity index (χ1v) is 8.96. The summed E-state index contributed by atoms with van der Waals surface area (Å²) in [6, 6.07) is 7.55. The smallest absolute Gasteiger partial charge is 0.272 e. The van der Waals surface area contributed by atoms with E-state index in [2.05, 4.69) is 15.3 Å². The van der Waals surface area contributed by atoms with E-state index in [0.717, 1.165) is 48.7 Å². The fourth-order valence-corrected chi connectivity index (χ4v) is 3.25. The van der Waals surface area contributed by atoms with Gasteiger partial charge >= 0.3 is 0 Å². The van der Waals surface area contributed by atoms with Crippen molar-refractivity contribution in [2.75, 3.05) is 25.2 Å². The minimum absolute atomic E-state index is 0.0127. The molecular formula is C19H22N4O3. The lowest BCUT2D eigenvalue weighted by molar-refractivity contribution is 0.0718. The van der Waals surface area contributed by atoms with Gasteiger partial charge in [-0.3, -0.25) is 4.79 Å². The summed E-state index contributed by atoms with van der Waals surface area (Å²) in [7, 11) is 0.